The maximum Gasteiger partial charge on any atom is 0.269 e. The van der Waals surface area contributed by atoms with E-state index in [-0.39, 0.29) is 18.5 Å². The van der Waals surface area contributed by atoms with E-state index >= 15 is 0 Å². The fourth-order valence-electron chi connectivity index (χ4n) is 4.22. The van der Waals surface area contributed by atoms with E-state index in [1.807, 2.05) is 41.9 Å². The van der Waals surface area contributed by atoms with Crippen molar-refractivity contribution in [2.75, 3.05) is 12.1 Å². The van der Waals surface area contributed by atoms with Gasteiger partial charge in [0.1, 0.15) is 6.17 Å². The smallest absolute Gasteiger partial charge is 0.269 e. The summed E-state index contributed by atoms with van der Waals surface area (Å²) in [7, 11) is 0. The lowest BCUT2D eigenvalue weighted by atomic mass is 10.0. The second-order valence-corrected chi connectivity index (χ2v) is 7.12. The minimum atomic E-state index is -0.353. The molecule has 2 aliphatic heterocycles. The normalized spacial score (nSPS) is 16.5. The molecular formula is C22H17N3O3. The van der Waals surface area contributed by atoms with Crippen LogP contribution in [-0.2, 0) is 0 Å². The molecule has 6 heteroatoms. The Hall–Kier alpha value is -3.67. The van der Waals surface area contributed by atoms with Gasteiger partial charge in [0.25, 0.3) is 5.56 Å². The summed E-state index contributed by atoms with van der Waals surface area (Å²) >= 11 is 0. The molecule has 6 nitrogen and oxygen atoms in total. The van der Waals surface area contributed by atoms with Crippen LogP contribution in [-0.4, -0.2) is 16.2 Å². The molecule has 1 N–H and O–H groups in total. The van der Waals surface area contributed by atoms with Crippen molar-refractivity contribution >= 4 is 16.5 Å². The minimum Gasteiger partial charge on any atom is -0.454 e. The molecule has 1 unspecified atom stereocenters. The first-order chi connectivity index (χ1) is 13.7. The standard InChI is InChI=1S/C22H17N3O3/c1-13-10-20(26)25-22(15-7-9-18-19(11-15)28-12-27-18)23-21-16-5-3-2-4-14(16)6-8-17(21)24(13)25/h2-11,22-23H,12H2,1H3. The molecule has 3 heterocycles. The largest absolute Gasteiger partial charge is 0.454 e. The second kappa shape index (κ2) is 5.42. The van der Waals surface area contributed by atoms with Crippen molar-refractivity contribution in [3.8, 4) is 17.2 Å². The van der Waals surface area contributed by atoms with Crippen LogP contribution in [0.25, 0.3) is 16.5 Å². The van der Waals surface area contributed by atoms with Crippen LogP contribution in [0.3, 0.4) is 0 Å². The molecule has 4 aromatic rings. The third-order valence-corrected chi connectivity index (χ3v) is 5.48. The molecule has 0 spiro atoms. The summed E-state index contributed by atoms with van der Waals surface area (Å²) in [4.78, 5) is 12.8. The second-order valence-electron chi connectivity index (χ2n) is 7.12. The first-order valence-corrected chi connectivity index (χ1v) is 9.20. The van der Waals surface area contributed by atoms with Crippen LogP contribution >= 0.6 is 0 Å². The van der Waals surface area contributed by atoms with Gasteiger partial charge in [-0.3, -0.25) is 9.48 Å². The number of hydrogen-bond acceptors (Lipinski definition) is 4. The Balaban J connectivity index is 1.63. The summed E-state index contributed by atoms with van der Waals surface area (Å²) in [5.74, 6) is 1.43. The van der Waals surface area contributed by atoms with Crippen molar-refractivity contribution in [3.63, 3.8) is 0 Å². The summed E-state index contributed by atoms with van der Waals surface area (Å²) in [6, 6.07) is 19.9. The van der Waals surface area contributed by atoms with E-state index < -0.39 is 0 Å². The summed E-state index contributed by atoms with van der Waals surface area (Å²) in [5.41, 5.74) is 3.76. The predicted molar refractivity (Wildman–Crippen MR) is 107 cm³/mol. The van der Waals surface area contributed by atoms with Crippen LogP contribution in [0.1, 0.15) is 17.4 Å². The Morgan fingerprint density at radius 1 is 1.00 bits per heavy atom. The molecule has 0 aliphatic carbocycles. The van der Waals surface area contributed by atoms with Gasteiger partial charge in [-0.1, -0.05) is 36.4 Å². The van der Waals surface area contributed by atoms with Crippen LogP contribution in [0.5, 0.6) is 11.5 Å². The third kappa shape index (κ3) is 2.00. The predicted octanol–water partition coefficient (Wildman–Crippen LogP) is 3.80. The lowest BCUT2D eigenvalue weighted by molar-refractivity contribution is 0.174. The number of aryl methyl sites for hydroxylation is 1. The fourth-order valence-corrected chi connectivity index (χ4v) is 4.22. The average molecular weight is 371 g/mol. The number of hydrogen-bond donors (Lipinski definition) is 1. The summed E-state index contributed by atoms with van der Waals surface area (Å²) in [6.45, 7) is 2.18. The quantitative estimate of drug-likeness (QED) is 0.553. The average Bonchev–Trinajstić information content (AvgIpc) is 3.31. The molecular weight excluding hydrogens is 354 g/mol. The van der Waals surface area contributed by atoms with Gasteiger partial charge in [0.05, 0.1) is 11.4 Å². The zero-order valence-corrected chi connectivity index (χ0v) is 15.2. The van der Waals surface area contributed by atoms with Crippen LogP contribution in [0.2, 0.25) is 0 Å². The van der Waals surface area contributed by atoms with E-state index in [1.54, 1.807) is 10.7 Å². The molecule has 0 amide bonds. The highest BCUT2D eigenvalue weighted by molar-refractivity contribution is 5.98. The van der Waals surface area contributed by atoms with Crippen LogP contribution < -0.4 is 20.3 Å². The number of nitrogens with one attached hydrogen (secondary N) is 1. The van der Waals surface area contributed by atoms with E-state index in [1.165, 1.54) is 0 Å². The van der Waals surface area contributed by atoms with Gasteiger partial charge >= 0.3 is 0 Å². The fraction of sp³-hybridized carbons (Fsp3) is 0.136. The molecule has 0 radical (unpaired) electrons. The van der Waals surface area contributed by atoms with E-state index in [0.717, 1.165) is 39.2 Å². The Morgan fingerprint density at radius 3 is 2.79 bits per heavy atom. The van der Waals surface area contributed by atoms with Gasteiger partial charge < -0.3 is 14.8 Å². The molecule has 1 atom stereocenters. The van der Waals surface area contributed by atoms with E-state index in [0.29, 0.717) is 5.75 Å². The van der Waals surface area contributed by atoms with Crippen molar-refractivity contribution in [2.45, 2.75) is 13.1 Å². The van der Waals surface area contributed by atoms with Gasteiger partial charge in [0.15, 0.2) is 11.5 Å². The molecule has 28 heavy (non-hydrogen) atoms. The van der Waals surface area contributed by atoms with Gasteiger partial charge in [-0.05, 0) is 30.5 Å². The Bertz CT molecular complexity index is 1320. The minimum absolute atomic E-state index is 0.0496. The lowest BCUT2D eigenvalue weighted by Crippen LogP contribution is -2.36. The van der Waals surface area contributed by atoms with Crippen LogP contribution in [0, 0.1) is 6.92 Å². The van der Waals surface area contributed by atoms with Crippen molar-refractivity contribution in [3.05, 3.63) is 82.3 Å². The van der Waals surface area contributed by atoms with Crippen molar-refractivity contribution in [1.82, 2.24) is 9.36 Å². The molecule has 138 valence electrons. The van der Waals surface area contributed by atoms with Gasteiger partial charge in [0.2, 0.25) is 6.79 Å². The van der Waals surface area contributed by atoms with Crippen molar-refractivity contribution in [1.29, 1.82) is 0 Å². The highest BCUT2D eigenvalue weighted by Gasteiger charge is 2.29. The van der Waals surface area contributed by atoms with Gasteiger partial charge in [0, 0.05) is 22.7 Å². The zero-order valence-electron chi connectivity index (χ0n) is 15.2. The first kappa shape index (κ1) is 15.4. The monoisotopic (exact) mass is 371 g/mol. The molecule has 0 saturated carbocycles. The number of rotatable bonds is 1. The number of nitrogens with zero attached hydrogens (tertiary/aromatic N) is 2. The van der Waals surface area contributed by atoms with Gasteiger partial charge in [-0.2, -0.15) is 0 Å². The maximum atomic E-state index is 12.8. The highest BCUT2D eigenvalue weighted by atomic mass is 16.7. The summed E-state index contributed by atoms with van der Waals surface area (Å²) < 4.78 is 14.7. The molecule has 2 aliphatic rings. The molecule has 6 rings (SSSR count). The highest BCUT2D eigenvalue weighted by Crippen LogP contribution is 2.40. The Morgan fingerprint density at radius 2 is 1.86 bits per heavy atom. The number of aromatic nitrogens is 2. The SMILES string of the molecule is Cc1cc(=O)n2n1-c1ccc3ccccc3c1NC2c1ccc2c(c1)OCO2. The maximum absolute atomic E-state index is 12.8. The molecule has 0 saturated heterocycles. The van der Waals surface area contributed by atoms with Crippen molar-refractivity contribution < 1.29 is 9.47 Å². The number of anilines is 1. The summed E-state index contributed by atoms with van der Waals surface area (Å²) in [5, 5.41) is 5.88. The summed E-state index contributed by atoms with van der Waals surface area (Å²) in [6.07, 6.45) is -0.353. The third-order valence-electron chi connectivity index (χ3n) is 5.48. The van der Waals surface area contributed by atoms with Gasteiger partial charge in [-0.15, -0.1) is 0 Å². The van der Waals surface area contributed by atoms with Crippen LogP contribution in [0.15, 0.2) is 65.5 Å². The zero-order chi connectivity index (χ0) is 18.8. The van der Waals surface area contributed by atoms with Crippen LogP contribution in [0.4, 0.5) is 5.69 Å². The molecule has 1 aromatic heterocycles. The number of ether oxygens (including phenoxy) is 2. The first-order valence-electron chi connectivity index (χ1n) is 9.20. The number of benzene rings is 3. The van der Waals surface area contributed by atoms with Gasteiger partial charge in [-0.25, -0.2) is 4.68 Å². The Kier molecular flexibility index (Phi) is 2.98. The van der Waals surface area contributed by atoms with E-state index in [9.17, 15) is 4.79 Å². The number of fused-ring (bicyclic) bond motifs is 6. The van der Waals surface area contributed by atoms with Crippen molar-refractivity contribution in [2.24, 2.45) is 0 Å². The molecule has 3 aromatic carbocycles. The Labute approximate surface area is 160 Å². The topological polar surface area (TPSA) is 57.4 Å². The van der Waals surface area contributed by atoms with E-state index in [2.05, 4.69) is 29.6 Å². The lowest BCUT2D eigenvalue weighted by Gasteiger charge is -2.32. The molecule has 0 fully saturated rings. The molecule has 0 bridgehead atoms. The van der Waals surface area contributed by atoms with E-state index in [4.69, 9.17) is 9.47 Å².